The third-order valence-electron chi connectivity index (χ3n) is 6.51. The van der Waals surface area contributed by atoms with E-state index in [0.29, 0.717) is 15.9 Å². The maximum atomic E-state index is 15.2. The lowest BCUT2D eigenvalue weighted by atomic mass is 10.0. The molecule has 164 valence electrons. The van der Waals surface area contributed by atoms with Crippen LogP contribution in [0.1, 0.15) is 24.4 Å². The largest absolute Gasteiger partial charge is 0.328 e. The Morgan fingerprint density at radius 1 is 1.06 bits per heavy atom. The van der Waals surface area contributed by atoms with E-state index in [0.717, 1.165) is 51.1 Å². The zero-order valence-electron chi connectivity index (χ0n) is 17.5. The first kappa shape index (κ1) is 19.8. The summed E-state index contributed by atoms with van der Waals surface area (Å²) >= 11 is 1.18. The highest BCUT2D eigenvalue weighted by Gasteiger charge is 2.29. The second-order valence-corrected chi connectivity index (χ2v) is 9.51. The number of hydrogen-bond acceptors (Lipinski definition) is 5. The van der Waals surface area contributed by atoms with Crippen molar-refractivity contribution >= 4 is 32.7 Å². The van der Waals surface area contributed by atoms with Gasteiger partial charge in [0.2, 0.25) is 5.43 Å². The standard InChI is InChI=1S/C24H23FN4O2S/c25-19-11-18-20(29(16-5-6-16)24-21(22(18)30)23(31)27-32-24)12-17(19)15-3-1-14(2-4-15)13-28-9-7-26-8-10-28/h1-4,11-12,16,26H,5-10,13H2,(H,27,31). The molecule has 0 spiro atoms. The van der Waals surface area contributed by atoms with Gasteiger partial charge in [-0.25, -0.2) is 4.39 Å². The highest BCUT2D eigenvalue weighted by Crippen LogP contribution is 2.40. The van der Waals surface area contributed by atoms with Gasteiger partial charge in [0.1, 0.15) is 16.0 Å². The van der Waals surface area contributed by atoms with Crippen molar-refractivity contribution in [1.82, 2.24) is 19.2 Å². The highest BCUT2D eigenvalue weighted by molar-refractivity contribution is 7.12. The minimum atomic E-state index is -0.446. The highest BCUT2D eigenvalue weighted by atomic mass is 32.1. The molecule has 6 rings (SSSR count). The van der Waals surface area contributed by atoms with Crippen molar-refractivity contribution in [2.75, 3.05) is 26.2 Å². The number of fused-ring (bicyclic) bond motifs is 2. The third kappa shape index (κ3) is 3.30. The van der Waals surface area contributed by atoms with Crippen LogP contribution in [0.15, 0.2) is 46.0 Å². The van der Waals surface area contributed by atoms with E-state index in [-0.39, 0.29) is 16.8 Å². The lowest BCUT2D eigenvalue weighted by Gasteiger charge is -2.27. The number of halogens is 1. The van der Waals surface area contributed by atoms with Crippen LogP contribution in [0.3, 0.4) is 0 Å². The molecule has 2 aromatic heterocycles. The Kier molecular flexibility index (Phi) is 4.74. The molecule has 32 heavy (non-hydrogen) atoms. The average molecular weight is 451 g/mol. The molecule has 2 N–H and O–H groups in total. The van der Waals surface area contributed by atoms with Crippen LogP contribution >= 0.6 is 11.5 Å². The lowest BCUT2D eigenvalue weighted by Crippen LogP contribution is -2.42. The maximum absolute atomic E-state index is 15.2. The Morgan fingerprint density at radius 2 is 1.81 bits per heavy atom. The summed E-state index contributed by atoms with van der Waals surface area (Å²) in [5.41, 5.74) is 2.36. The zero-order chi connectivity index (χ0) is 21.8. The van der Waals surface area contributed by atoms with Crippen LogP contribution < -0.4 is 16.3 Å². The van der Waals surface area contributed by atoms with Crippen LogP contribution in [-0.2, 0) is 6.54 Å². The zero-order valence-corrected chi connectivity index (χ0v) is 18.3. The number of rotatable bonds is 4. The van der Waals surface area contributed by atoms with Gasteiger partial charge in [0.15, 0.2) is 0 Å². The van der Waals surface area contributed by atoms with E-state index in [1.165, 1.54) is 23.2 Å². The van der Waals surface area contributed by atoms with Crippen molar-refractivity contribution in [1.29, 1.82) is 0 Å². The Bertz CT molecular complexity index is 1440. The molecule has 4 aromatic rings. The van der Waals surface area contributed by atoms with Crippen LogP contribution in [0.4, 0.5) is 4.39 Å². The molecule has 2 aliphatic rings. The molecule has 1 aliphatic carbocycles. The van der Waals surface area contributed by atoms with E-state index < -0.39 is 16.8 Å². The van der Waals surface area contributed by atoms with Crippen LogP contribution in [0.25, 0.3) is 32.2 Å². The van der Waals surface area contributed by atoms with E-state index in [1.807, 2.05) is 12.1 Å². The fourth-order valence-corrected chi connectivity index (χ4v) is 5.61. The molecule has 8 heteroatoms. The van der Waals surface area contributed by atoms with Crippen molar-refractivity contribution < 1.29 is 4.39 Å². The normalized spacial score (nSPS) is 17.4. The van der Waals surface area contributed by atoms with E-state index in [2.05, 4.69) is 31.3 Å². The van der Waals surface area contributed by atoms with Gasteiger partial charge in [-0.2, -0.15) is 0 Å². The maximum Gasteiger partial charge on any atom is 0.271 e. The Labute approximate surface area is 187 Å². The second kappa shape index (κ2) is 7.65. The monoisotopic (exact) mass is 450 g/mol. The van der Waals surface area contributed by atoms with Gasteiger partial charge >= 0.3 is 0 Å². The van der Waals surface area contributed by atoms with Crippen LogP contribution in [-0.4, -0.2) is 40.0 Å². The number of nitrogens with one attached hydrogen (secondary N) is 2. The van der Waals surface area contributed by atoms with E-state index in [1.54, 1.807) is 6.07 Å². The Balaban J connectivity index is 1.45. The van der Waals surface area contributed by atoms with Crippen molar-refractivity contribution in [3.05, 3.63) is 68.4 Å². The number of benzene rings is 2. The van der Waals surface area contributed by atoms with Gasteiger partial charge in [0.25, 0.3) is 5.56 Å². The van der Waals surface area contributed by atoms with E-state index in [4.69, 9.17) is 0 Å². The summed E-state index contributed by atoms with van der Waals surface area (Å²) < 4.78 is 19.9. The minimum absolute atomic E-state index is 0.138. The molecule has 2 fully saturated rings. The van der Waals surface area contributed by atoms with Crippen molar-refractivity contribution in [3.8, 4) is 11.1 Å². The Morgan fingerprint density at radius 3 is 2.53 bits per heavy atom. The first-order valence-corrected chi connectivity index (χ1v) is 11.8. The molecule has 6 nitrogen and oxygen atoms in total. The van der Waals surface area contributed by atoms with Crippen molar-refractivity contribution in [2.24, 2.45) is 0 Å². The van der Waals surface area contributed by atoms with Gasteiger partial charge in [-0.15, -0.1) is 0 Å². The molecule has 2 aromatic carbocycles. The number of H-pyrrole nitrogens is 1. The van der Waals surface area contributed by atoms with Gasteiger partial charge in [0, 0.05) is 49.7 Å². The topological polar surface area (TPSA) is 70.1 Å². The molecule has 1 saturated heterocycles. The predicted octanol–water partition coefficient (Wildman–Crippen LogP) is 3.45. The summed E-state index contributed by atoms with van der Waals surface area (Å²) in [6.45, 7) is 4.95. The second-order valence-electron chi connectivity index (χ2n) is 8.72. The molecule has 3 heterocycles. The quantitative estimate of drug-likeness (QED) is 0.500. The average Bonchev–Trinajstić information content (AvgIpc) is 3.57. The number of aromatic nitrogens is 2. The van der Waals surface area contributed by atoms with Crippen molar-refractivity contribution in [2.45, 2.75) is 25.4 Å². The molecule has 1 saturated carbocycles. The van der Waals surface area contributed by atoms with Gasteiger partial charge in [-0.3, -0.25) is 18.9 Å². The number of nitrogens with zero attached hydrogens (tertiary/aromatic N) is 2. The third-order valence-corrected chi connectivity index (χ3v) is 7.39. The molecule has 0 radical (unpaired) electrons. The van der Waals surface area contributed by atoms with Gasteiger partial charge in [-0.05, 0) is 47.6 Å². The predicted molar refractivity (Wildman–Crippen MR) is 126 cm³/mol. The summed E-state index contributed by atoms with van der Waals surface area (Å²) in [7, 11) is 0. The smallest absolute Gasteiger partial charge is 0.271 e. The summed E-state index contributed by atoms with van der Waals surface area (Å²) in [5, 5.41) is 3.77. The fraction of sp³-hybridized carbons (Fsp3) is 0.333. The number of pyridine rings is 1. The molecule has 0 atom stereocenters. The number of piperazine rings is 1. The van der Waals surface area contributed by atoms with Crippen LogP contribution in [0.5, 0.6) is 0 Å². The van der Waals surface area contributed by atoms with Gasteiger partial charge < -0.3 is 9.88 Å². The molecular formula is C24H23FN4O2S. The molecule has 1 aliphatic heterocycles. The van der Waals surface area contributed by atoms with Gasteiger partial charge in [-0.1, -0.05) is 24.3 Å². The molecule has 0 amide bonds. The number of hydrogen-bond donors (Lipinski definition) is 2. The van der Waals surface area contributed by atoms with E-state index >= 15 is 4.39 Å². The summed E-state index contributed by atoms with van der Waals surface area (Å²) in [6, 6.07) is 11.3. The first-order valence-electron chi connectivity index (χ1n) is 11.0. The van der Waals surface area contributed by atoms with Crippen molar-refractivity contribution in [3.63, 3.8) is 0 Å². The SMILES string of the molecule is O=c1[nH]sc2c1c(=O)c1cc(F)c(-c3ccc(CN4CCNCC4)cc3)cc1n2C1CC1. The van der Waals surface area contributed by atoms with Crippen LogP contribution in [0, 0.1) is 5.82 Å². The molecule has 0 unspecified atom stereocenters. The van der Waals surface area contributed by atoms with Crippen LogP contribution in [0.2, 0.25) is 0 Å². The summed E-state index contributed by atoms with van der Waals surface area (Å²) in [4.78, 5) is 28.3. The van der Waals surface area contributed by atoms with E-state index in [9.17, 15) is 9.59 Å². The molecule has 0 bridgehead atoms. The Hall–Kier alpha value is -2.81. The fourth-order valence-electron chi connectivity index (χ4n) is 4.68. The van der Waals surface area contributed by atoms with Gasteiger partial charge in [0.05, 0.1) is 5.52 Å². The summed E-state index contributed by atoms with van der Waals surface area (Å²) in [6.07, 6.45) is 1.99. The molecular weight excluding hydrogens is 427 g/mol. The number of aromatic amines is 1. The summed E-state index contributed by atoms with van der Waals surface area (Å²) in [5.74, 6) is -0.446. The first-order chi connectivity index (χ1) is 15.6. The minimum Gasteiger partial charge on any atom is -0.328 e. The lowest BCUT2D eigenvalue weighted by molar-refractivity contribution is 0.233.